The van der Waals surface area contributed by atoms with Crippen molar-refractivity contribution in [3.05, 3.63) is 0 Å². The summed E-state index contributed by atoms with van der Waals surface area (Å²) in [7, 11) is 5.08. The molecule has 0 aromatic carbocycles. The van der Waals surface area contributed by atoms with Gasteiger partial charge in [-0.05, 0) is 25.2 Å². The average molecular weight is 353 g/mol. The molecule has 0 bridgehead atoms. The van der Waals surface area contributed by atoms with E-state index in [0.717, 1.165) is 25.3 Å². The summed E-state index contributed by atoms with van der Waals surface area (Å²) in [5.41, 5.74) is 0.370. The van der Waals surface area contributed by atoms with Crippen LogP contribution in [-0.4, -0.2) is 60.3 Å². The fraction of sp³-hybridized carbons (Fsp3) is 1.00. The third-order valence-corrected chi connectivity index (χ3v) is 10.9. The smallest absolute Gasteiger partial charge is 0.377 e. The average Bonchev–Trinajstić information content (AvgIpc) is 2.59. The third kappa shape index (κ3) is 4.60. The minimum atomic E-state index is -2.54. The van der Waals surface area contributed by atoms with Crippen molar-refractivity contribution in [1.82, 2.24) is 0 Å². The maximum Gasteiger partial charge on any atom is 0.503 e. The van der Waals surface area contributed by atoms with Crippen LogP contribution < -0.4 is 0 Å². The molecule has 6 nitrogen and oxygen atoms in total. The molecule has 1 saturated carbocycles. The van der Waals surface area contributed by atoms with Gasteiger partial charge in [-0.3, -0.25) is 0 Å². The predicted octanol–water partition coefficient (Wildman–Crippen LogP) is 2.69. The minimum absolute atomic E-state index is 0.370. The maximum atomic E-state index is 5.66. The molecule has 0 heterocycles. The quantitative estimate of drug-likeness (QED) is 0.564. The molecule has 132 valence electrons. The highest BCUT2D eigenvalue weighted by molar-refractivity contribution is 6.62. The second-order valence-corrected chi connectivity index (χ2v) is 12.1. The molecule has 0 amide bonds. The van der Waals surface area contributed by atoms with Crippen LogP contribution in [0.2, 0.25) is 11.6 Å². The lowest BCUT2D eigenvalue weighted by atomic mass is 9.87. The SMILES string of the molecule is CO[Si](CC[C@@H]1CCC[C@H]([Si](OC)(OC)OC)C1)(OC)OC. The molecule has 1 rings (SSSR count). The molecule has 0 aromatic heterocycles. The summed E-state index contributed by atoms with van der Waals surface area (Å²) in [6.07, 6.45) is 5.63. The van der Waals surface area contributed by atoms with E-state index in [2.05, 4.69) is 0 Å². The van der Waals surface area contributed by atoms with E-state index in [1.54, 1.807) is 42.7 Å². The summed E-state index contributed by atoms with van der Waals surface area (Å²) >= 11 is 0. The van der Waals surface area contributed by atoms with E-state index in [9.17, 15) is 0 Å². The van der Waals surface area contributed by atoms with E-state index in [-0.39, 0.29) is 0 Å². The van der Waals surface area contributed by atoms with Gasteiger partial charge in [-0.2, -0.15) is 0 Å². The summed E-state index contributed by atoms with van der Waals surface area (Å²) in [4.78, 5) is 0. The third-order valence-electron chi connectivity index (χ3n) is 4.93. The predicted molar refractivity (Wildman–Crippen MR) is 88.7 cm³/mol. The van der Waals surface area contributed by atoms with Crippen molar-refractivity contribution in [2.75, 3.05) is 42.7 Å². The minimum Gasteiger partial charge on any atom is -0.377 e. The Morgan fingerprint density at radius 3 is 1.77 bits per heavy atom. The van der Waals surface area contributed by atoms with Gasteiger partial charge in [-0.25, -0.2) is 0 Å². The van der Waals surface area contributed by atoms with E-state index >= 15 is 0 Å². The lowest BCUT2D eigenvalue weighted by molar-refractivity contribution is 0.0970. The molecule has 8 heteroatoms. The number of rotatable bonds is 10. The van der Waals surface area contributed by atoms with Gasteiger partial charge in [0.1, 0.15) is 0 Å². The Labute approximate surface area is 137 Å². The van der Waals surface area contributed by atoms with Gasteiger partial charge in [0.25, 0.3) is 0 Å². The second kappa shape index (κ2) is 9.48. The monoisotopic (exact) mass is 352 g/mol. The number of hydrogen-bond acceptors (Lipinski definition) is 6. The van der Waals surface area contributed by atoms with Gasteiger partial charge in [-0.1, -0.05) is 12.8 Å². The van der Waals surface area contributed by atoms with E-state index in [1.165, 1.54) is 12.8 Å². The molecular formula is C14H32O6Si2. The lowest BCUT2D eigenvalue weighted by Crippen LogP contribution is -2.49. The van der Waals surface area contributed by atoms with Crippen LogP contribution in [0.5, 0.6) is 0 Å². The van der Waals surface area contributed by atoms with Crippen LogP contribution >= 0.6 is 0 Å². The topological polar surface area (TPSA) is 55.4 Å². The zero-order valence-corrected chi connectivity index (χ0v) is 16.8. The van der Waals surface area contributed by atoms with E-state index in [0.29, 0.717) is 11.5 Å². The van der Waals surface area contributed by atoms with E-state index < -0.39 is 17.6 Å². The summed E-state index contributed by atoms with van der Waals surface area (Å²) in [5, 5.41) is 0. The van der Waals surface area contributed by atoms with Gasteiger partial charge < -0.3 is 26.6 Å². The van der Waals surface area contributed by atoms with Crippen LogP contribution in [0.4, 0.5) is 0 Å². The van der Waals surface area contributed by atoms with E-state index in [4.69, 9.17) is 26.6 Å². The van der Waals surface area contributed by atoms with Crippen LogP contribution in [-0.2, 0) is 26.6 Å². The molecule has 2 atom stereocenters. The summed E-state index contributed by atoms with van der Waals surface area (Å²) in [6, 6.07) is 0.843. The van der Waals surface area contributed by atoms with Crippen LogP contribution in [0.1, 0.15) is 32.1 Å². The zero-order chi connectivity index (χ0) is 16.6. The maximum absolute atomic E-state index is 5.66. The Kier molecular flexibility index (Phi) is 8.72. The van der Waals surface area contributed by atoms with Crippen LogP contribution in [0, 0.1) is 5.92 Å². The van der Waals surface area contributed by atoms with Gasteiger partial charge in [0.2, 0.25) is 0 Å². The van der Waals surface area contributed by atoms with Crippen LogP contribution in [0.25, 0.3) is 0 Å². The molecular weight excluding hydrogens is 320 g/mol. The molecule has 0 N–H and O–H groups in total. The van der Waals surface area contributed by atoms with Crippen molar-refractivity contribution in [2.45, 2.75) is 43.7 Å². The molecule has 1 aliphatic rings. The van der Waals surface area contributed by atoms with Gasteiger partial charge in [0, 0.05) is 54.2 Å². The highest BCUT2D eigenvalue weighted by Crippen LogP contribution is 2.42. The standard InChI is InChI=1S/C14H32O6Si2/c1-15-21(16-2,17-3)11-10-13-8-7-9-14(12-13)22(18-4,19-5)20-6/h13-14H,7-12H2,1-6H3/t13-,14-/m0/s1. The van der Waals surface area contributed by atoms with Crippen molar-refractivity contribution in [3.63, 3.8) is 0 Å². The van der Waals surface area contributed by atoms with Gasteiger partial charge in [0.05, 0.1) is 0 Å². The molecule has 0 spiro atoms. The Bertz CT molecular complexity index is 293. The Balaban J connectivity index is 2.63. The first-order valence-electron chi connectivity index (χ1n) is 7.86. The molecule has 22 heavy (non-hydrogen) atoms. The summed E-state index contributed by atoms with van der Waals surface area (Å²) in [5.74, 6) is 0.610. The Morgan fingerprint density at radius 2 is 1.32 bits per heavy atom. The van der Waals surface area contributed by atoms with Crippen molar-refractivity contribution in [2.24, 2.45) is 5.92 Å². The van der Waals surface area contributed by atoms with Crippen molar-refractivity contribution < 1.29 is 26.6 Å². The number of hydrogen-bond donors (Lipinski definition) is 0. The summed E-state index contributed by atoms with van der Waals surface area (Å²) < 4.78 is 33.5. The molecule has 0 aliphatic heterocycles. The lowest BCUT2D eigenvalue weighted by Gasteiger charge is -2.38. The van der Waals surface area contributed by atoms with Gasteiger partial charge in [0.15, 0.2) is 0 Å². The molecule has 0 aromatic rings. The van der Waals surface area contributed by atoms with Crippen molar-refractivity contribution >= 4 is 17.6 Å². The van der Waals surface area contributed by atoms with Crippen molar-refractivity contribution in [3.8, 4) is 0 Å². The first-order chi connectivity index (χ1) is 10.5. The Hall–Kier alpha value is 0.194. The first kappa shape index (κ1) is 20.2. The molecule has 1 aliphatic carbocycles. The fourth-order valence-corrected chi connectivity index (χ4v) is 8.12. The molecule has 1 fully saturated rings. The summed E-state index contributed by atoms with van der Waals surface area (Å²) in [6.45, 7) is 0. The first-order valence-corrected chi connectivity index (χ1v) is 11.6. The molecule has 0 radical (unpaired) electrons. The Morgan fingerprint density at radius 1 is 0.773 bits per heavy atom. The van der Waals surface area contributed by atoms with Crippen LogP contribution in [0.3, 0.4) is 0 Å². The largest absolute Gasteiger partial charge is 0.503 e. The molecule has 0 saturated heterocycles. The molecule has 0 unspecified atom stereocenters. The second-order valence-electron chi connectivity index (χ2n) is 5.78. The zero-order valence-electron chi connectivity index (χ0n) is 14.8. The van der Waals surface area contributed by atoms with Gasteiger partial charge in [-0.15, -0.1) is 0 Å². The van der Waals surface area contributed by atoms with Gasteiger partial charge >= 0.3 is 17.6 Å². The fourth-order valence-electron chi connectivity index (χ4n) is 3.56. The highest BCUT2D eigenvalue weighted by atomic mass is 28.4. The normalized spacial score (nSPS) is 23.7. The highest BCUT2D eigenvalue weighted by Gasteiger charge is 2.49. The van der Waals surface area contributed by atoms with Crippen molar-refractivity contribution in [1.29, 1.82) is 0 Å². The van der Waals surface area contributed by atoms with E-state index in [1.807, 2.05) is 0 Å². The van der Waals surface area contributed by atoms with Crippen LogP contribution in [0.15, 0.2) is 0 Å².